The Morgan fingerprint density at radius 3 is 2.50 bits per heavy atom. The van der Waals surface area contributed by atoms with E-state index in [2.05, 4.69) is 41.1 Å². The lowest BCUT2D eigenvalue weighted by Gasteiger charge is -2.42. The van der Waals surface area contributed by atoms with Gasteiger partial charge in [-0.05, 0) is 48.8 Å². The Morgan fingerprint density at radius 1 is 1.06 bits per heavy atom. The van der Waals surface area contributed by atoms with Crippen molar-refractivity contribution in [2.45, 2.75) is 44.1 Å². The molecule has 3 heterocycles. The average Bonchev–Trinajstić information content (AvgIpc) is 3.06. The van der Waals surface area contributed by atoms with Crippen molar-refractivity contribution in [1.29, 1.82) is 0 Å². The summed E-state index contributed by atoms with van der Waals surface area (Å²) >= 11 is 0. The number of methoxy groups -OCH3 is 1. The van der Waals surface area contributed by atoms with Gasteiger partial charge in [-0.2, -0.15) is 0 Å². The Labute approximate surface area is 202 Å². The quantitative estimate of drug-likeness (QED) is 0.503. The standard InChI is InChI=1S/C27H36N4O3/c1-22(24-10-4-3-5-11-24)21-29-16-12-27(13-17-29)25(32)30(26(33)31(27)18-19-34-2)15-7-9-23-8-6-14-28-20-23/h3-6,8,10-11,14,20,22H,7,9,12-13,15-19,21H2,1-2H3/t22-/m1/s1. The molecule has 2 saturated heterocycles. The van der Waals surface area contributed by atoms with Crippen LogP contribution in [0, 0.1) is 0 Å². The van der Waals surface area contributed by atoms with Gasteiger partial charge in [-0.15, -0.1) is 0 Å². The summed E-state index contributed by atoms with van der Waals surface area (Å²) in [6.07, 6.45) is 6.45. The van der Waals surface area contributed by atoms with E-state index >= 15 is 0 Å². The Hall–Kier alpha value is -2.77. The van der Waals surface area contributed by atoms with E-state index in [0.29, 0.717) is 38.5 Å². The first-order valence-electron chi connectivity index (χ1n) is 12.3. The van der Waals surface area contributed by atoms with Crippen LogP contribution in [-0.2, 0) is 16.0 Å². The number of benzene rings is 1. The lowest BCUT2D eigenvalue weighted by atomic mass is 9.85. The largest absolute Gasteiger partial charge is 0.383 e. The third kappa shape index (κ3) is 5.15. The predicted octanol–water partition coefficient (Wildman–Crippen LogP) is 3.56. The molecular formula is C27H36N4O3. The van der Waals surface area contributed by atoms with E-state index < -0.39 is 5.54 Å². The number of carbonyl (C=O) groups is 2. The molecule has 0 bridgehead atoms. The second kappa shape index (κ2) is 11.1. The molecule has 0 unspecified atom stereocenters. The lowest BCUT2D eigenvalue weighted by molar-refractivity contribution is -0.135. The monoisotopic (exact) mass is 464 g/mol. The van der Waals surface area contributed by atoms with Crippen LogP contribution >= 0.6 is 0 Å². The number of aryl methyl sites for hydroxylation is 1. The molecule has 1 atom stereocenters. The molecule has 0 N–H and O–H groups in total. The molecule has 2 aliphatic heterocycles. The highest BCUT2D eigenvalue weighted by molar-refractivity contribution is 6.07. The topological polar surface area (TPSA) is 66.0 Å². The summed E-state index contributed by atoms with van der Waals surface area (Å²) in [7, 11) is 1.63. The maximum Gasteiger partial charge on any atom is 0.327 e. The van der Waals surface area contributed by atoms with Crippen LogP contribution in [0.15, 0.2) is 54.9 Å². The first kappa shape index (κ1) is 24.4. The number of likely N-dealkylation sites (tertiary alicyclic amines) is 1. The van der Waals surface area contributed by atoms with Crippen molar-refractivity contribution in [3.63, 3.8) is 0 Å². The number of ether oxygens (including phenoxy) is 1. The number of hydrogen-bond donors (Lipinski definition) is 0. The van der Waals surface area contributed by atoms with Crippen LogP contribution in [0.2, 0.25) is 0 Å². The highest BCUT2D eigenvalue weighted by Gasteiger charge is 2.57. The minimum Gasteiger partial charge on any atom is -0.383 e. The van der Waals surface area contributed by atoms with Crippen LogP contribution in [0.5, 0.6) is 0 Å². The number of hydrogen-bond acceptors (Lipinski definition) is 5. The van der Waals surface area contributed by atoms with Crippen molar-refractivity contribution < 1.29 is 14.3 Å². The maximum atomic E-state index is 13.7. The number of imide groups is 1. The van der Waals surface area contributed by atoms with Crippen molar-refractivity contribution in [1.82, 2.24) is 19.7 Å². The number of nitrogens with zero attached hydrogens (tertiary/aromatic N) is 4. The molecule has 182 valence electrons. The van der Waals surface area contributed by atoms with Gasteiger partial charge in [-0.25, -0.2) is 4.79 Å². The van der Waals surface area contributed by atoms with Crippen LogP contribution in [0.4, 0.5) is 4.79 Å². The molecular weight excluding hydrogens is 428 g/mol. The summed E-state index contributed by atoms with van der Waals surface area (Å²) in [4.78, 5) is 36.8. The second-order valence-electron chi connectivity index (χ2n) is 9.49. The normalized spacial score (nSPS) is 19.2. The number of carbonyl (C=O) groups excluding carboxylic acids is 2. The van der Waals surface area contributed by atoms with Crippen LogP contribution in [0.3, 0.4) is 0 Å². The summed E-state index contributed by atoms with van der Waals surface area (Å²) in [5.74, 6) is 0.389. The molecule has 7 heteroatoms. The summed E-state index contributed by atoms with van der Waals surface area (Å²) < 4.78 is 5.28. The van der Waals surface area contributed by atoms with Crippen LogP contribution in [0.25, 0.3) is 0 Å². The highest BCUT2D eigenvalue weighted by Crippen LogP contribution is 2.37. The van der Waals surface area contributed by atoms with Gasteiger partial charge in [0.25, 0.3) is 5.91 Å². The SMILES string of the molecule is COCCN1C(=O)N(CCCc2cccnc2)C(=O)C12CCN(C[C@@H](C)c1ccccc1)CC2. The van der Waals surface area contributed by atoms with E-state index in [0.717, 1.165) is 38.0 Å². The van der Waals surface area contributed by atoms with Gasteiger partial charge < -0.3 is 14.5 Å². The molecule has 2 aliphatic rings. The molecule has 1 aromatic heterocycles. The Bertz CT molecular complexity index is 945. The van der Waals surface area contributed by atoms with Gasteiger partial charge in [-0.1, -0.05) is 43.3 Å². The van der Waals surface area contributed by atoms with Crippen LogP contribution < -0.4 is 0 Å². The zero-order valence-electron chi connectivity index (χ0n) is 20.4. The van der Waals surface area contributed by atoms with E-state index in [-0.39, 0.29) is 11.9 Å². The molecule has 3 amide bonds. The molecule has 2 aromatic rings. The first-order valence-corrected chi connectivity index (χ1v) is 12.3. The zero-order chi connectivity index (χ0) is 24.0. The Balaban J connectivity index is 1.40. The fourth-order valence-electron chi connectivity index (χ4n) is 5.32. The van der Waals surface area contributed by atoms with Gasteiger partial charge in [0.1, 0.15) is 5.54 Å². The van der Waals surface area contributed by atoms with Crippen molar-refractivity contribution in [3.8, 4) is 0 Å². The number of pyridine rings is 1. The zero-order valence-corrected chi connectivity index (χ0v) is 20.4. The van der Waals surface area contributed by atoms with Crippen molar-refractivity contribution in [3.05, 3.63) is 66.0 Å². The molecule has 0 radical (unpaired) electrons. The van der Waals surface area contributed by atoms with E-state index in [1.165, 1.54) is 10.5 Å². The predicted molar refractivity (Wildman–Crippen MR) is 132 cm³/mol. The second-order valence-corrected chi connectivity index (χ2v) is 9.49. The third-order valence-corrected chi connectivity index (χ3v) is 7.29. The van der Waals surface area contributed by atoms with Crippen molar-refractivity contribution in [2.75, 3.05) is 46.4 Å². The molecule has 0 aliphatic carbocycles. The van der Waals surface area contributed by atoms with Crippen molar-refractivity contribution >= 4 is 11.9 Å². The maximum absolute atomic E-state index is 13.7. The van der Waals surface area contributed by atoms with E-state index in [4.69, 9.17) is 4.74 Å². The average molecular weight is 465 g/mol. The van der Waals surface area contributed by atoms with Gasteiger partial charge in [0, 0.05) is 52.2 Å². The number of urea groups is 1. The number of piperidine rings is 1. The van der Waals surface area contributed by atoms with Crippen LogP contribution in [0.1, 0.15) is 43.2 Å². The van der Waals surface area contributed by atoms with Gasteiger partial charge in [0.2, 0.25) is 0 Å². The smallest absolute Gasteiger partial charge is 0.327 e. The number of amides is 3. The molecule has 2 fully saturated rings. The summed E-state index contributed by atoms with van der Waals surface area (Å²) in [6, 6.07) is 14.3. The summed E-state index contributed by atoms with van der Waals surface area (Å²) in [6.45, 7) is 6.13. The first-order chi connectivity index (χ1) is 16.5. The van der Waals surface area contributed by atoms with Gasteiger partial charge in [0.05, 0.1) is 6.61 Å². The summed E-state index contributed by atoms with van der Waals surface area (Å²) in [5, 5.41) is 0. The molecule has 4 rings (SSSR count). The third-order valence-electron chi connectivity index (χ3n) is 7.29. The van der Waals surface area contributed by atoms with E-state index in [1.807, 2.05) is 24.4 Å². The number of rotatable bonds is 10. The van der Waals surface area contributed by atoms with Crippen molar-refractivity contribution in [2.24, 2.45) is 0 Å². The molecule has 1 aromatic carbocycles. The molecule has 34 heavy (non-hydrogen) atoms. The molecule has 1 spiro atoms. The van der Waals surface area contributed by atoms with Gasteiger partial charge in [-0.3, -0.25) is 14.7 Å². The van der Waals surface area contributed by atoms with Crippen LogP contribution in [-0.4, -0.2) is 83.6 Å². The van der Waals surface area contributed by atoms with Gasteiger partial charge >= 0.3 is 6.03 Å². The minimum atomic E-state index is -0.740. The fourth-order valence-corrected chi connectivity index (χ4v) is 5.32. The lowest BCUT2D eigenvalue weighted by Crippen LogP contribution is -2.57. The minimum absolute atomic E-state index is 0.0319. The Morgan fingerprint density at radius 2 is 1.82 bits per heavy atom. The Kier molecular flexibility index (Phi) is 7.95. The highest BCUT2D eigenvalue weighted by atomic mass is 16.5. The molecule has 7 nitrogen and oxygen atoms in total. The summed E-state index contributed by atoms with van der Waals surface area (Å²) in [5.41, 5.74) is 1.71. The van der Waals surface area contributed by atoms with E-state index in [1.54, 1.807) is 18.2 Å². The molecule has 0 saturated carbocycles. The number of aromatic nitrogens is 1. The fraction of sp³-hybridized carbons (Fsp3) is 0.519. The van der Waals surface area contributed by atoms with Gasteiger partial charge in [0.15, 0.2) is 0 Å². The van der Waals surface area contributed by atoms with E-state index in [9.17, 15) is 9.59 Å².